The number of nitrogens with zero attached hydrogens (tertiary/aromatic N) is 1. The van der Waals surface area contributed by atoms with Gasteiger partial charge in [0.05, 0.1) is 13.0 Å². The van der Waals surface area contributed by atoms with E-state index in [1.54, 1.807) is 19.2 Å². The van der Waals surface area contributed by atoms with Crippen LogP contribution in [-0.4, -0.2) is 42.7 Å². The number of carbonyl (C=O) groups is 1. The highest BCUT2D eigenvalue weighted by molar-refractivity contribution is 5.83. The zero-order valence-electron chi connectivity index (χ0n) is 16.1. The number of likely N-dealkylation sites (tertiary alicyclic amines) is 1. The molecule has 0 radical (unpaired) electrons. The third-order valence-electron chi connectivity index (χ3n) is 5.21. The van der Waals surface area contributed by atoms with Gasteiger partial charge in [-0.2, -0.15) is 0 Å². The van der Waals surface area contributed by atoms with Gasteiger partial charge in [0.1, 0.15) is 11.6 Å². The standard InChI is InChI=1S/C23H26FNO3/c1-28-22-13-5-3-10-20(22)18(19-9-2-4-12-21(19)24)11-7-15-25-14-6-8-17(16-25)23(26)27/h2-5,9-13,17H,6-8,14-16H2,1H3,(H,26,27)/b18-11-/t17-/m1/s1. The Hall–Kier alpha value is -2.66. The molecule has 0 saturated carbocycles. The predicted molar refractivity (Wildman–Crippen MR) is 108 cm³/mol. The number of para-hydroxylation sites is 1. The number of carboxylic acid groups (broad SMARTS) is 1. The van der Waals surface area contributed by atoms with Crippen molar-refractivity contribution in [1.29, 1.82) is 0 Å². The zero-order valence-corrected chi connectivity index (χ0v) is 16.1. The van der Waals surface area contributed by atoms with Crippen LogP contribution in [0.1, 0.15) is 30.4 Å². The summed E-state index contributed by atoms with van der Waals surface area (Å²) < 4.78 is 20.0. The van der Waals surface area contributed by atoms with Crippen molar-refractivity contribution in [3.8, 4) is 5.75 Å². The molecule has 3 rings (SSSR count). The summed E-state index contributed by atoms with van der Waals surface area (Å²) >= 11 is 0. The Morgan fingerprint density at radius 2 is 1.93 bits per heavy atom. The minimum Gasteiger partial charge on any atom is -0.496 e. The van der Waals surface area contributed by atoms with E-state index < -0.39 is 5.97 Å². The normalized spacial score (nSPS) is 18.1. The van der Waals surface area contributed by atoms with Gasteiger partial charge < -0.3 is 14.7 Å². The Kier molecular flexibility index (Phi) is 6.82. The Morgan fingerprint density at radius 1 is 1.21 bits per heavy atom. The number of hydrogen-bond acceptors (Lipinski definition) is 3. The number of hydrogen-bond donors (Lipinski definition) is 1. The van der Waals surface area contributed by atoms with E-state index in [1.807, 2.05) is 36.4 Å². The van der Waals surface area contributed by atoms with Crippen molar-refractivity contribution in [2.24, 2.45) is 5.92 Å². The van der Waals surface area contributed by atoms with Gasteiger partial charge in [-0.25, -0.2) is 4.39 Å². The van der Waals surface area contributed by atoms with Crippen LogP contribution in [-0.2, 0) is 4.79 Å². The number of ether oxygens (including phenoxy) is 1. The lowest BCUT2D eigenvalue weighted by molar-refractivity contribution is -0.143. The Morgan fingerprint density at radius 3 is 2.64 bits per heavy atom. The van der Waals surface area contributed by atoms with Crippen molar-refractivity contribution >= 4 is 11.5 Å². The number of benzene rings is 2. The minimum absolute atomic E-state index is 0.274. The van der Waals surface area contributed by atoms with Gasteiger partial charge in [-0.05, 0) is 43.5 Å². The summed E-state index contributed by atoms with van der Waals surface area (Å²) in [4.78, 5) is 13.4. The Labute approximate surface area is 165 Å². The second-order valence-electron chi connectivity index (χ2n) is 7.06. The maximum Gasteiger partial charge on any atom is 0.307 e. The molecular formula is C23H26FNO3. The molecule has 0 bridgehead atoms. The topological polar surface area (TPSA) is 49.8 Å². The van der Waals surface area contributed by atoms with Crippen LogP contribution in [0, 0.1) is 11.7 Å². The van der Waals surface area contributed by atoms with Crippen LogP contribution in [0.15, 0.2) is 54.6 Å². The van der Waals surface area contributed by atoms with Gasteiger partial charge in [-0.15, -0.1) is 0 Å². The van der Waals surface area contributed by atoms with Crippen molar-refractivity contribution in [1.82, 2.24) is 4.90 Å². The molecular weight excluding hydrogens is 357 g/mol. The first-order valence-corrected chi connectivity index (χ1v) is 9.63. The van der Waals surface area contributed by atoms with E-state index in [9.17, 15) is 14.3 Å². The Balaban J connectivity index is 1.83. The van der Waals surface area contributed by atoms with E-state index in [0.717, 1.165) is 37.1 Å². The summed E-state index contributed by atoms with van der Waals surface area (Å²) in [5.74, 6) is -0.594. The van der Waals surface area contributed by atoms with Crippen LogP contribution in [0.5, 0.6) is 5.75 Å². The first-order chi connectivity index (χ1) is 13.6. The third kappa shape index (κ3) is 4.78. The summed E-state index contributed by atoms with van der Waals surface area (Å²) in [7, 11) is 1.61. The molecule has 1 N–H and O–H groups in total. The summed E-state index contributed by atoms with van der Waals surface area (Å²) in [6, 6.07) is 14.3. The molecule has 0 spiro atoms. The van der Waals surface area contributed by atoms with E-state index in [4.69, 9.17) is 4.74 Å². The van der Waals surface area contributed by atoms with Crippen molar-refractivity contribution in [3.63, 3.8) is 0 Å². The lowest BCUT2D eigenvalue weighted by Crippen LogP contribution is -2.39. The molecule has 148 valence electrons. The summed E-state index contributed by atoms with van der Waals surface area (Å²) in [5, 5.41) is 9.26. The summed E-state index contributed by atoms with van der Waals surface area (Å²) in [6.45, 7) is 2.23. The molecule has 5 heteroatoms. The molecule has 0 unspecified atom stereocenters. The summed E-state index contributed by atoms with van der Waals surface area (Å²) in [5.41, 5.74) is 2.17. The number of carboxylic acids is 1. The average molecular weight is 383 g/mol. The Bertz CT molecular complexity index is 849. The van der Waals surface area contributed by atoms with E-state index in [1.165, 1.54) is 6.07 Å². The summed E-state index contributed by atoms with van der Waals surface area (Å²) in [6.07, 6.45) is 4.37. The second-order valence-corrected chi connectivity index (χ2v) is 7.06. The van der Waals surface area contributed by atoms with Crippen LogP contribution in [0.2, 0.25) is 0 Å². The van der Waals surface area contributed by atoms with Gasteiger partial charge in [-0.3, -0.25) is 4.79 Å². The van der Waals surface area contributed by atoms with Gasteiger partial charge in [0, 0.05) is 24.2 Å². The van der Waals surface area contributed by atoms with Crippen molar-refractivity contribution in [2.75, 3.05) is 26.7 Å². The lowest BCUT2D eigenvalue weighted by atomic mass is 9.95. The quantitative estimate of drug-likeness (QED) is 0.767. The zero-order chi connectivity index (χ0) is 19.9. The molecule has 0 amide bonds. The molecule has 1 aliphatic rings. The average Bonchev–Trinajstić information content (AvgIpc) is 2.72. The van der Waals surface area contributed by atoms with Gasteiger partial charge in [0.2, 0.25) is 0 Å². The molecule has 2 aromatic carbocycles. The van der Waals surface area contributed by atoms with Gasteiger partial charge >= 0.3 is 5.97 Å². The molecule has 4 nitrogen and oxygen atoms in total. The van der Waals surface area contributed by atoms with Crippen LogP contribution in [0.3, 0.4) is 0 Å². The van der Waals surface area contributed by atoms with E-state index in [2.05, 4.69) is 4.90 Å². The molecule has 0 aromatic heterocycles. The number of halogens is 1. The number of rotatable bonds is 7. The van der Waals surface area contributed by atoms with Crippen LogP contribution in [0.25, 0.3) is 5.57 Å². The fourth-order valence-electron chi connectivity index (χ4n) is 3.76. The number of methoxy groups -OCH3 is 1. The van der Waals surface area contributed by atoms with Crippen LogP contribution >= 0.6 is 0 Å². The van der Waals surface area contributed by atoms with Crippen LogP contribution in [0.4, 0.5) is 4.39 Å². The lowest BCUT2D eigenvalue weighted by Gasteiger charge is -2.30. The highest BCUT2D eigenvalue weighted by Gasteiger charge is 2.24. The first kappa shape index (κ1) is 20.1. The molecule has 1 heterocycles. The highest BCUT2D eigenvalue weighted by Crippen LogP contribution is 2.32. The van der Waals surface area contributed by atoms with Crippen LogP contribution < -0.4 is 4.74 Å². The van der Waals surface area contributed by atoms with E-state index in [0.29, 0.717) is 24.3 Å². The fourth-order valence-corrected chi connectivity index (χ4v) is 3.76. The first-order valence-electron chi connectivity index (χ1n) is 9.63. The van der Waals surface area contributed by atoms with E-state index in [-0.39, 0.29) is 11.7 Å². The van der Waals surface area contributed by atoms with Crippen molar-refractivity contribution < 1.29 is 19.0 Å². The number of piperidine rings is 1. The second kappa shape index (κ2) is 9.51. The molecule has 1 aliphatic heterocycles. The molecule has 1 saturated heterocycles. The SMILES string of the molecule is COc1ccccc1/C(=C\CCN1CCC[C@@H](C(=O)O)C1)c1ccccc1F. The molecule has 2 aromatic rings. The highest BCUT2D eigenvalue weighted by atomic mass is 19.1. The van der Waals surface area contributed by atoms with Crippen molar-refractivity contribution in [2.45, 2.75) is 19.3 Å². The van der Waals surface area contributed by atoms with E-state index >= 15 is 0 Å². The van der Waals surface area contributed by atoms with Crippen molar-refractivity contribution in [3.05, 3.63) is 71.6 Å². The molecule has 1 fully saturated rings. The predicted octanol–water partition coefficient (Wildman–Crippen LogP) is 4.45. The van der Waals surface area contributed by atoms with Gasteiger partial charge in [-0.1, -0.05) is 42.5 Å². The third-order valence-corrected chi connectivity index (χ3v) is 5.21. The molecule has 1 atom stereocenters. The fraction of sp³-hybridized carbons (Fsp3) is 0.348. The maximum absolute atomic E-state index is 14.5. The van der Waals surface area contributed by atoms with Gasteiger partial charge in [0.25, 0.3) is 0 Å². The number of aliphatic carboxylic acids is 1. The molecule has 28 heavy (non-hydrogen) atoms. The smallest absolute Gasteiger partial charge is 0.307 e. The maximum atomic E-state index is 14.5. The molecule has 0 aliphatic carbocycles. The largest absolute Gasteiger partial charge is 0.496 e. The monoisotopic (exact) mass is 383 g/mol. The minimum atomic E-state index is -0.721. The van der Waals surface area contributed by atoms with Gasteiger partial charge in [0.15, 0.2) is 0 Å².